The molecule has 0 unspecified atom stereocenters. The van der Waals surface area contributed by atoms with E-state index in [2.05, 4.69) is 15.6 Å². The van der Waals surface area contributed by atoms with E-state index in [4.69, 9.17) is 0 Å². The number of para-hydroxylation sites is 1. The molecule has 0 bridgehead atoms. The summed E-state index contributed by atoms with van der Waals surface area (Å²) >= 11 is 0. The fourth-order valence-corrected chi connectivity index (χ4v) is 2.39. The Morgan fingerprint density at radius 1 is 0.750 bits per heavy atom. The van der Waals surface area contributed by atoms with Crippen molar-refractivity contribution in [1.29, 1.82) is 0 Å². The molecule has 2 amide bonds. The monoisotopic (exact) mass is 385 g/mol. The normalized spacial score (nSPS) is 11.0. The molecule has 0 atom stereocenters. The van der Waals surface area contributed by atoms with E-state index in [-0.39, 0.29) is 16.8 Å². The van der Waals surface area contributed by atoms with E-state index in [1.165, 1.54) is 30.6 Å². The van der Waals surface area contributed by atoms with Crippen LogP contribution in [0.15, 0.2) is 73.1 Å². The van der Waals surface area contributed by atoms with Crippen LogP contribution in [0.25, 0.3) is 0 Å². The summed E-state index contributed by atoms with van der Waals surface area (Å²) < 4.78 is 38.3. The Balaban J connectivity index is 1.75. The molecule has 0 radical (unpaired) electrons. The fraction of sp³-hybridized carbons (Fsp3) is 0.0500. The molecule has 1 heterocycles. The number of halogens is 3. The number of hydrogen-bond donors (Lipinski definition) is 2. The molecule has 0 spiro atoms. The van der Waals surface area contributed by atoms with Crippen molar-refractivity contribution in [3.8, 4) is 0 Å². The van der Waals surface area contributed by atoms with Gasteiger partial charge in [-0.2, -0.15) is 13.2 Å². The number of amides is 2. The van der Waals surface area contributed by atoms with Crippen LogP contribution < -0.4 is 10.6 Å². The van der Waals surface area contributed by atoms with Gasteiger partial charge in [-0.25, -0.2) is 0 Å². The number of rotatable bonds is 4. The van der Waals surface area contributed by atoms with Crippen molar-refractivity contribution in [3.05, 3.63) is 89.7 Å². The zero-order valence-corrected chi connectivity index (χ0v) is 14.3. The standard InChI is InChI=1S/C20H14F3N3O2/c21-20(22,23)15-5-4-8-17(10-15)26-19(28)14-9-13(11-24-12-14)18(27)25-16-6-2-1-3-7-16/h1-12H,(H,25,27)(H,26,28). The number of alkyl halides is 3. The molecule has 0 aliphatic rings. The second-order valence-corrected chi connectivity index (χ2v) is 5.82. The molecule has 0 fully saturated rings. The van der Waals surface area contributed by atoms with Gasteiger partial charge in [0.05, 0.1) is 16.7 Å². The lowest BCUT2D eigenvalue weighted by Gasteiger charge is -2.10. The maximum absolute atomic E-state index is 12.8. The average Bonchev–Trinajstić information content (AvgIpc) is 2.68. The molecular weight excluding hydrogens is 371 g/mol. The number of benzene rings is 2. The molecule has 142 valence electrons. The van der Waals surface area contributed by atoms with Gasteiger partial charge in [0.15, 0.2) is 0 Å². The molecule has 0 saturated heterocycles. The van der Waals surface area contributed by atoms with Crippen molar-refractivity contribution in [2.45, 2.75) is 6.18 Å². The quantitative estimate of drug-likeness (QED) is 0.689. The summed E-state index contributed by atoms with van der Waals surface area (Å²) in [5.41, 5.74) is -0.136. The summed E-state index contributed by atoms with van der Waals surface area (Å²) in [5.74, 6) is -1.14. The van der Waals surface area contributed by atoms with Crippen LogP contribution in [0.3, 0.4) is 0 Å². The first-order valence-electron chi connectivity index (χ1n) is 8.13. The zero-order chi connectivity index (χ0) is 20.1. The lowest BCUT2D eigenvalue weighted by Crippen LogP contribution is -2.16. The maximum Gasteiger partial charge on any atom is 0.416 e. The van der Waals surface area contributed by atoms with Gasteiger partial charge in [-0.1, -0.05) is 24.3 Å². The van der Waals surface area contributed by atoms with E-state index in [0.29, 0.717) is 5.69 Å². The highest BCUT2D eigenvalue weighted by Gasteiger charge is 2.30. The van der Waals surface area contributed by atoms with E-state index in [1.807, 2.05) is 0 Å². The van der Waals surface area contributed by atoms with Gasteiger partial charge < -0.3 is 10.6 Å². The summed E-state index contributed by atoms with van der Waals surface area (Å²) in [6, 6.07) is 14.3. The maximum atomic E-state index is 12.8. The third kappa shape index (κ3) is 4.73. The van der Waals surface area contributed by atoms with Crippen LogP contribution in [-0.4, -0.2) is 16.8 Å². The minimum atomic E-state index is -4.52. The highest BCUT2D eigenvalue weighted by molar-refractivity contribution is 6.08. The van der Waals surface area contributed by atoms with E-state index in [0.717, 1.165) is 12.1 Å². The number of pyridine rings is 1. The van der Waals surface area contributed by atoms with Crippen molar-refractivity contribution in [2.24, 2.45) is 0 Å². The Morgan fingerprint density at radius 3 is 1.93 bits per heavy atom. The minimum absolute atomic E-state index is 0.0148. The number of hydrogen-bond acceptors (Lipinski definition) is 3. The van der Waals surface area contributed by atoms with Crippen molar-refractivity contribution >= 4 is 23.2 Å². The molecule has 0 saturated carbocycles. The molecular formula is C20H14F3N3O2. The molecule has 3 rings (SSSR count). The van der Waals surface area contributed by atoms with Crippen LogP contribution in [0, 0.1) is 0 Å². The van der Waals surface area contributed by atoms with Gasteiger partial charge in [0.25, 0.3) is 11.8 Å². The Morgan fingerprint density at radius 2 is 1.32 bits per heavy atom. The lowest BCUT2D eigenvalue weighted by atomic mass is 10.1. The van der Waals surface area contributed by atoms with Crippen LogP contribution in [0.5, 0.6) is 0 Å². The van der Waals surface area contributed by atoms with Gasteiger partial charge in [-0.05, 0) is 36.4 Å². The van der Waals surface area contributed by atoms with Gasteiger partial charge in [0, 0.05) is 23.8 Å². The lowest BCUT2D eigenvalue weighted by molar-refractivity contribution is -0.137. The van der Waals surface area contributed by atoms with Crippen molar-refractivity contribution in [1.82, 2.24) is 4.98 Å². The predicted molar refractivity (Wildman–Crippen MR) is 98.0 cm³/mol. The molecule has 0 aliphatic heterocycles. The molecule has 28 heavy (non-hydrogen) atoms. The van der Waals surface area contributed by atoms with Crippen LogP contribution in [-0.2, 0) is 6.18 Å². The summed E-state index contributed by atoms with van der Waals surface area (Å²) in [6.07, 6.45) is -2.00. The van der Waals surface area contributed by atoms with Crippen molar-refractivity contribution < 1.29 is 22.8 Å². The summed E-state index contributed by atoms with van der Waals surface area (Å²) in [7, 11) is 0. The third-order valence-corrected chi connectivity index (χ3v) is 3.74. The second kappa shape index (κ2) is 7.91. The van der Waals surface area contributed by atoms with Crippen LogP contribution >= 0.6 is 0 Å². The van der Waals surface area contributed by atoms with E-state index >= 15 is 0 Å². The minimum Gasteiger partial charge on any atom is -0.322 e. The average molecular weight is 385 g/mol. The molecule has 2 N–H and O–H groups in total. The van der Waals surface area contributed by atoms with Crippen molar-refractivity contribution in [3.63, 3.8) is 0 Å². The number of aromatic nitrogens is 1. The largest absolute Gasteiger partial charge is 0.416 e. The van der Waals surface area contributed by atoms with Crippen LogP contribution in [0.2, 0.25) is 0 Å². The molecule has 0 aliphatic carbocycles. The van der Waals surface area contributed by atoms with Crippen molar-refractivity contribution in [2.75, 3.05) is 10.6 Å². The number of nitrogens with one attached hydrogen (secondary N) is 2. The molecule has 5 nitrogen and oxygen atoms in total. The Hall–Kier alpha value is -3.68. The Kier molecular flexibility index (Phi) is 5.39. The second-order valence-electron chi connectivity index (χ2n) is 5.82. The SMILES string of the molecule is O=C(Nc1ccccc1)c1cncc(C(=O)Nc2cccc(C(F)(F)F)c2)c1. The number of nitrogens with zero attached hydrogens (tertiary/aromatic N) is 1. The summed E-state index contributed by atoms with van der Waals surface area (Å²) in [4.78, 5) is 28.5. The Labute approximate surface area is 158 Å². The molecule has 3 aromatic rings. The summed E-state index contributed by atoms with van der Waals surface area (Å²) in [6.45, 7) is 0. The first-order chi connectivity index (χ1) is 13.3. The predicted octanol–water partition coefficient (Wildman–Crippen LogP) is 4.61. The number of carbonyl (C=O) groups excluding carboxylic acids is 2. The first-order valence-corrected chi connectivity index (χ1v) is 8.13. The van der Waals surface area contributed by atoms with Gasteiger partial charge in [-0.3, -0.25) is 14.6 Å². The summed E-state index contributed by atoms with van der Waals surface area (Å²) in [5, 5.41) is 5.04. The fourth-order valence-electron chi connectivity index (χ4n) is 2.39. The zero-order valence-electron chi connectivity index (χ0n) is 14.3. The molecule has 1 aromatic heterocycles. The van der Waals surface area contributed by atoms with Gasteiger partial charge in [0.1, 0.15) is 0 Å². The van der Waals surface area contributed by atoms with Crippen LogP contribution in [0.1, 0.15) is 26.3 Å². The van der Waals surface area contributed by atoms with E-state index < -0.39 is 23.6 Å². The highest BCUT2D eigenvalue weighted by atomic mass is 19.4. The first kappa shape index (κ1) is 19.1. The van der Waals surface area contributed by atoms with E-state index in [1.54, 1.807) is 30.3 Å². The van der Waals surface area contributed by atoms with Gasteiger partial charge in [0.2, 0.25) is 0 Å². The molecule has 2 aromatic carbocycles. The van der Waals surface area contributed by atoms with Crippen LogP contribution in [0.4, 0.5) is 24.5 Å². The smallest absolute Gasteiger partial charge is 0.322 e. The third-order valence-electron chi connectivity index (χ3n) is 3.74. The number of carbonyl (C=O) groups is 2. The topological polar surface area (TPSA) is 71.1 Å². The number of anilines is 2. The van der Waals surface area contributed by atoms with E-state index in [9.17, 15) is 22.8 Å². The molecule has 8 heteroatoms. The Bertz CT molecular complexity index is 1000. The van der Waals surface area contributed by atoms with Gasteiger partial charge >= 0.3 is 6.18 Å². The highest BCUT2D eigenvalue weighted by Crippen LogP contribution is 2.30. The van der Waals surface area contributed by atoms with Gasteiger partial charge in [-0.15, -0.1) is 0 Å².